The molecule has 2 aromatic carbocycles. The minimum absolute atomic E-state index is 0.278. The van der Waals surface area contributed by atoms with Crippen LogP contribution >= 0.6 is 0 Å². The van der Waals surface area contributed by atoms with E-state index in [1.165, 1.54) is 0 Å². The molecule has 9 nitrogen and oxygen atoms in total. The van der Waals surface area contributed by atoms with Crippen LogP contribution in [0.3, 0.4) is 0 Å². The quantitative estimate of drug-likeness (QED) is 0.193. The molecule has 0 aromatic heterocycles. The van der Waals surface area contributed by atoms with E-state index in [2.05, 4.69) is 10.5 Å². The van der Waals surface area contributed by atoms with Crippen molar-refractivity contribution in [1.29, 1.82) is 0 Å². The van der Waals surface area contributed by atoms with E-state index in [9.17, 15) is 0 Å². The third kappa shape index (κ3) is 6.65. The SMILES string of the molecule is C/C=N\O/C(=C/c1ccc(OC)c(NCN)c1)c1cc(OC)c(OC)c(OC)c1.C=O. The second-order valence-electron chi connectivity index (χ2n) is 5.72. The van der Waals surface area contributed by atoms with Crippen molar-refractivity contribution in [2.24, 2.45) is 10.9 Å². The maximum absolute atomic E-state index is 8.00. The molecule has 0 aliphatic carbocycles. The van der Waals surface area contributed by atoms with Crippen LogP contribution in [0.5, 0.6) is 23.0 Å². The summed E-state index contributed by atoms with van der Waals surface area (Å²) in [6.07, 6.45) is 3.40. The maximum Gasteiger partial charge on any atom is 0.203 e. The number of oxime groups is 1. The Morgan fingerprint density at radius 1 is 1.00 bits per heavy atom. The van der Waals surface area contributed by atoms with Gasteiger partial charge in [0, 0.05) is 11.8 Å². The van der Waals surface area contributed by atoms with Crippen molar-refractivity contribution in [3.8, 4) is 23.0 Å². The molecule has 31 heavy (non-hydrogen) atoms. The Hall–Kier alpha value is -3.72. The van der Waals surface area contributed by atoms with Crippen molar-refractivity contribution in [1.82, 2.24) is 0 Å². The highest BCUT2D eigenvalue weighted by Crippen LogP contribution is 2.40. The molecule has 0 aliphatic heterocycles. The molecule has 0 radical (unpaired) electrons. The number of ether oxygens (including phenoxy) is 4. The molecule has 0 atom stereocenters. The molecule has 2 aromatic rings. The molecular weight excluding hydrogens is 402 g/mol. The zero-order valence-electron chi connectivity index (χ0n) is 18.4. The first-order valence-corrected chi connectivity index (χ1v) is 9.19. The lowest BCUT2D eigenvalue weighted by Gasteiger charge is -2.15. The van der Waals surface area contributed by atoms with Crippen LogP contribution in [0, 0.1) is 0 Å². The summed E-state index contributed by atoms with van der Waals surface area (Å²) in [7, 11) is 6.28. The lowest BCUT2D eigenvalue weighted by Crippen LogP contribution is -2.11. The Kier molecular flexibility index (Phi) is 11.0. The van der Waals surface area contributed by atoms with Crippen LogP contribution in [0.1, 0.15) is 18.1 Å². The van der Waals surface area contributed by atoms with Crippen LogP contribution in [-0.4, -0.2) is 48.1 Å². The molecule has 0 fully saturated rings. The highest BCUT2D eigenvalue weighted by Gasteiger charge is 2.16. The molecule has 0 aliphatic rings. The van der Waals surface area contributed by atoms with Crippen LogP contribution in [0.25, 0.3) is 11.8 Å². The molecule has 0 heterocycles. The number of anilines is 1. The van der Waals surface area contributed by atoms with E-state index < -0.39 is 0 Å². The first-order chi connectivity index (χ1) is 15.1. The number of hydrogen-bond acceptors (Lipinski definition) is 9. The van der Waals surface area contributed by atoms with Gasteiger partial charge < -0.3 is 39.6 Å². The van der Waals surface area contributed by atoms with Crippen LogP contribution in [0.15, 0.2) is 35.5 Å². The summed E-state index contributed by atoms with van der Waals surface area (Å²) in [4.78, 5) is 13.6. The van der Waals surface area contributed by atoms with Crippen molar-refractivity contribution in [3.05, 3.63) is 41.5 Å². The van der Waals surface area contributed by atoms with E-state index >= 15 is 0 Å². The number of rotatable bonds is 10. The summed E-state index contributed by atoms with van der Waals surface area (Å²) in [5.41, 5.74) is 7.95. The topological polar surface area (TPSA) is 114 Å². The first kappa shape index (κ1) is 25.3. The normalized spacial score (nSPS) is 10.7. The molecule has 0 unspecified atom stereocenters. The summed E-state index contributed by atoms with van der Waals surface area (Å²) < 4.78 is 21.6. The van der Waals surface area contributed by atoms with Gasteiger partial charge in [-0.15, -0.1) is 0 Å². The Morgan fingerprint density at radius 3 is 2.10 bits per heavy atom. The number of carbonyl (C=O) groups is 1. The van der Waals surface area contributed by atoms with Gasteiger partial charge in [-0.25, -0.2) is 0 Å². The fourth-order valence-electron chi connectivity index (χ4n) is 2.71. The van der Waals surface area contributed by atoms with Crippen molar-refractivity contribution in [2.75, 3.05) is 40.4 Å². The first-order valence-electron chi connectivity index (χ1n) is 9.19. The second-order valence-corrected chi connectivity index (χ2v) is 5.72. The van der Waals surface area contributed by atoms with Gasteiger partial charge >= 0.3 is 0 Å². The van der Waals surface area contributed by atoms with E-state index in [0.29, 0.717) is 34.3 Å². The molecule has 0 saturated heterocycles. The highest BCUT2D eigenvalue weighted by molar-refractivity contribution is 5.81. The van der Waals surface area contributed by atoms with Gasteiger partial charge in [0.1, 0.15) is 12.5 Å². The molecule has 9 heteroatoms. The molecule has 0 spiro atoms. The molecule has 0 amide bonds. The molecule has 0 bridgehead atoms. The zero-order chi connectivity index (χ0) is 23.2. The Labute approximate surface area is 182 Å². The summed E-state index contributed by atoms with van der Waals surface area (Å²) in [6.45, 7) is 4.04. The van der Waals surface area contributed by atoms with E-state index in [0.717, 1.165) is 11.3 Å². The molecular formula is C22H29N3O6. The van der Waals surface area contributed by atoms with Crippen molar-refractivity contribution < 1.29 is 28.6 Å². The Morgan fingerprint density at radius 2 is 1.61 bits per heavy atom. The average Bonchev–Trinajstić information content (AvgIpc) is 2.82. The van der Waals surface area contributed by atoms with Crippen LogP contribution < -0.4 is 30.0 Å². The van der Waals surface area contributed by atoms with Gasteiger partial charge in [-0.3, -0.25) is 0 Å². The maximum atomic E-state index is 8.00. The fraction of sp³-hybridized carbons (Fsp3) is 0.273. The van der Waals surface area contributed by atoms with E-state index in [1.807, 2.05) is 31.1 Å². The highest BCUT2D eigenvalue weighted by atomic mass is 16.6. The number of hydrogen-bond donors (Lipinski definition) is 2. The van der Waals surface area contributed by atoms with Gasteiger partial charge in [0.15, 0.2) is 17.3 Å². The van der Waals surface area contributed by atoms with Crippen LogP contribution in [-0.2, 0) is 9.63 Å². The van der Waals surface area contributed by atoms with Crippen molar-refractivity contribution >= 4 is 30.5 Å². The van der Waals surface area contributed by atoms with Crippen LogP contribution in [0.4, 0.5) is 5.69 Å². The molecule has 168 valence electrons. The van der Waals surface area contributed by atoms with Gasteiger partial charge in [-0.1, -0.05) is 11.2 Å². The van der Waals surface area contributed by atoms with Gasteiger partial charge in [-0.05, 0) is 42.8 Å². The number of benzene rings is 2. The lowest BCUT2D eigenvalue weighted by molar-refractivity contribution is -0.0979. The largest absolute Gasteiger partial charge is 0.495 e. The third-order valence-corrected chi connectivity index (χ3v) is 4.02. The van der Waals surface area contributed by atoms with Gasteiger partial charge in [0.05, 0.1) is 40.8 Å². The van der Waals surface area contributed by atoms with E-state index in [-0.39, 0.29) is 6.67 Å². The standard InChI is InChI=1S/C21H27N3O5.CH2O/c1-6-24-29-18(10-14-7-8-17(25-2)16(9-14)23-13-22)15-11-19(26-3)21(28-5)20(12-15)27-4;1-2/h6-12,23H,13,22H2,1-5H3;1H2/b18-10+,24-6-;. The smallest absolute Gasteiger partial charge is 0.203 e. The van der Waals surface area contributed by atoms with E-state index in [1.54, 1.807) is 53.7 Å². The summed E-state index contributed by atoms with van der Waals surface area (Å²) >= 11 is 0. The van der Waals surface area contributed by atoms with Crippen LogP contribution in [0.2, 0.25) is 0 Å². The van der Waals surface area contributed by atoms with Gasteiger partial charge in [-0.2, -0.15) is 0 Å². The molecule has 2 rings (SSSR count). The van der Waals surface area contributed by atoms with Crippen molar-refractivity contribution in [2.45, 2.75) is 6.92 Å². The third-order valence-electron chi connectivity index (χ3n) is 4.02. The Balaban J connectivity index is 0.00000233. The summed E-state index contributed by atoms with van der Waals surface area (Å²) in [5.74, 6) is 2.70. The van der Waals surface area contributed by atoms with Gasteiger partial charge in [0.25, 0.3) is 0 Å². The summed E-state index contributed by atoms with van der Waals surface area (Å²) in [6, 6.07) is 9.24. The van der Waals surface area contributed by atoms with Gasteiger partial charge in [0.2, 0.25) is 5.75 Å². The Bertz CT molecular complexity index is 874. The monoisotopic (exact) mass is 431 g/mol. The second kappa shape index (κ2) is 13.5. The molecule has 0 saturated carbocycles. The number of nitrogens with zero attached hydrogens (tertiary/aromatic N) is 1. The number of nitrogens with two attached hydrogens (primary N) is 1. The minimum atomic E-state index is 0.278. The zero-order valence-corrected chi connectivity index (χ0v) is 18.4. The number of carbonyl (C=O) groups excluding carboxylic acids is 1. The lowest BCUT2D eigenvalue weighted by atomic mass is 10.1. The number of nitrogens with one attached hydrogen (secondary N) is 1. The predicted octanol–water partition coefficient (Wildman–Crippen LogP) is 3.38. The minimum Gasteiger partial charge on any atom is -0.495 e. The number of methoxy groups -OCH3 is 4. The van der Waals surface area contributed by atoms with E-state index in [4.69, 9.17) is 34.3 Å². The predicted molar refractivity (Wildman–Crippen MR) is 122 cm³/mol. The average molecular weight is 431 g/mol. The summed E-state index contributed by atoms with van der Waals surface area (Å²) in [5, 5.41) is 7.00. The fourth-order valence-corrected chi connectivity index (χ4v) is 2.71. The molecule has 3 N–H and O–H groups in total. The van der Waals surface area contributed by atoms with Crippen molar-refractivity contribution in [3.63, 3.8) is 0 Å².